The predicted molar refractivity (Wildman–Crippen MR) is 85.5 cm³/mol. The van der Waals surface area contributed by atoms with Crippen LogP contribution in [0.2, 0.25) is 0 Å². The number of nitrogens with zero attached hydrogens (tertiary/aromatic N) is 1. The third kappa shape index (κ3) is 3.63. The fourth-order valence-electron chi connectivity index (χ4n) is 1.91. The summed E-state index contributed by atoms with van der Waals surface area (Å²) in [5, 5.41) is 0. The molecule has 0 aliphatic heterocycles. The molecule has 3 nitrogen and oxygen atoms in total. The van der Waals surface area contributed by atoms with E-state index in [9.17, 15) is 9.18 Å². The van der Waals surface area contributed by atoms with Gasteiger partial charge in [-0.15, -0.1) is 11.3 Å². The van der Waals surface area contributed by atoms with Crippen LogP contribution in [0.5, 0.6) is 5.75 Å². The number of benzene rings is 1. The highest BCUT2D eigenvalue weighted by atomic mass is 79.9. The Morgan fingerprint density at radius 1 is 1.43 bits per heavy atom. The second-order valence-corrected chi connectivity index (χ2v) is 7.07. The molecule has 1 heterocycles. The van der Waals surface area contributed by atoms with Crippen molar-refractivity contribution in [3.63, 3.8) is 0 Å². The average molecular weight is 372 g/mol. The number of rotatable bonds is 4. The summed E-state index contributed by atoms with van der Waals surface area (Å²) in [5.41, 5.74) is 1.75. The minimum atomic E-state index is -0.425. The van der Waals surface area contributed by atoms with Crippen LogP contribution in [0.15, 0.2) is 28.1 Å². The molecule has 0 saturated carbocycles. The number of aryl methyl sites for hydroxylation is 1. The summed E-state index contributed by atoms with van der Waals surface area (Å²) >= 11 is 4.81. The maximum absolute atomic E-state index is 13.6. The molecule has 0 saturated heterocycles. The number of ether oxygens (including phenoxy) is 1. The van der Waals surface area contributed by atoms with Crippen molar-refractivity contribution in [2.75, 3.05) is 14.2 Å². The molecular weight excluding hydrogens is 357 g/mol. The van der Waals surface area contributed by atoms with Crippen LogP contribution in [0.4, 0.5) is 4.39 Å². The molecule has 0 radical (unpaired) electrons. The Hall–Kier alpha value is -1.40. The summed E-state index contributed by atoms with van der Waals surface area (Å²) in [5.74, 6) is -0.305. The fourth-order valence-corrected chi connectivity index (χ4v) is 3.44. The number of amides is 1. The van der Waals surface area contributed by atoms with E-state index in [1.54, 1.807) is 24.1 Å². The molecule has 0 atom stereocenters. The number of methoxy groups -OCH3 is 1. The molecule has 1 amide bonds. The lowest BCUT2D eigenvalue weighted by Crippen LogP contribution is -2.25. The van der Waals surface area contributed by atoms with Crippen molar-refractivity contribution in [3.05, 3.63) is 49.9 Å². The molecule has 1 aromatic carbocycles. The van der Waals surface area contributed by atoms with E-state index >= 15 is 0 Å². The van der Waals surface area contributed by atoms with Gasteiger partial charge >= 0.3 is 0 Å². The van der Waals surface area contributed by atoms with Gasteiger partial charge in [-0.2, -0.15) is 0 Å². The molecule has 0 fully saturated rings. The Morgan fingerprint density at radius 3 is 2.67 bits per heavy atom. The summed E-state index contributed by atoms with van der Waals surface area (Å²) in [7, 11) is 3.12. The number of carbonyl (C=O) groups excluding carboxylic acids is 1. The summed E-state index contributed by atoms with van der Waals surface area (Å²) in [6.45, 7) is 2.28. The van der Waals surface area contributed by atoms with Crippen molar-refractivity contribution >= 4 is 33.2 Å². The molecule has 0 N–H and O–H groups in total. The highest BCUT2D eigenvalue weighted by Gasteiger charge is 2.16. The second-order valence-electron chi connectivity index (χ2n) is 4.70. The Kier molecular flexibility index (Phi) is 5.00. The molecular formula is C15H15BrFNO2S. The van der Waals surface area contributed by atoms with Gasteiger partial charge in [0.15, 0.2) is 11.6 Å². The van der Waals surface area contributed by atoms with Gasteiger partial charge < -0.3 is 9.64 Å². The van der Waals surface area contributed by atoms with E-state index < -0.39 is 5.82 Å². The normalized spacial score (nSPS) is 10.5. The number of hydrogen-bond acceptors (Lipinski definition) is 3. The van der Waals surface area contributed by atoms with Crippen LogP contribution in [-0.4, -0.2) is 25.0 Å². The zero-order valence-electron chi connectivity index (χ0n) is 11.9. The lowest BCUT2D eigenvalue weighted by atomic mass is 10.2. The van der Waals surface area contributed by atoms with Gasteiger partial charge in [0.2, 0.25) is 0 Å². The molecule has 0 spiro atoms. The van der Waals surface area contributed by atoms with Crippen molar-refractivity contribution in [3.8, 4) is 5.75 Å². The van der Waals surface area contributed by atoms with Crippen LogP contribution in [0.3, 0.4) is 0 Å². The first-order valence-corrected chi connectivity index (χ1v) is 7.87. The Balaban J connectivity index is 2.12. The molecule has 0 unspecified atom stereocenters. The molecule has 21 heavy (non-hydrogen) atoms. The van der Waals surface area contributed by atoms with Gasteiger partial charge in [0.25, 0.3) is 5.91 Å². The predicted octanol–water partition coefficient (Wildman–Crippen LogP) is 4.24. The maximum atomic E-state index is 13.6. The maximum Gasteiger partial charge on any atom is 0.264 e. The van der Waals surface area contributed by atoms with E-state index in [-0.39, 0.29) is 11.7 Å². The molecule has 0 aliphatic carbocycles. The van der Waals surface area contributed by atoms with Gasteiger partial charge in [-0.25, -0.2) is 4.39 Å². The van der Waals surface area contributed by atoms with E-state index in [0.29, 0.717) is 11.4 Å². The summed E-state index contributed by atoms with van der Waals surface area (Å²) in [4.78, 5) is 14.6. The number of thiophene rings is 1. The van der Waals surface area contributed by atoms with Crippen molar-refractivity contribution in [1.82, 2.24) is 4.90 Å². The first-order valence-electron chi connectivity index (χ1n) is 6.26. The number of carbonyl (C=O) groups is 1. The van der Waals surface area contributed by atoms with E-state index in [1.165, 1.54) is 24.5 Å². The molecule has 6 heteroatoms. The van der Waals surface area contributed by atoms with Gasteiger partial charge in [-0.3, -0.25) is 4.79 Å². The SMILES string of the molecule is COc1ccc(CN(C)C(=O)c2cc(C)c(Br)s2)cc1F. The van der Waals surface area contributed by atoms with Crippen molar-refractivity contribution in [1.29, 1.82) is 0 Å². The van der Waals surface area contributed by atoms with Gasteiger partial charge in [-0.05, 0) is 52.2 Å². The molecule has 2 aromatic rings. The first-order chi connectivity index (χ1) is 9.92. The quantitative estimate of drug-likeness (QED) is 0.804. The number of halogens is 2. The van der Waals surface area contributed by atoms with Crippen LogP contribution in [0.25, 0.3) is 0 Å². The standard InChI is InChI=1S/C15H15BrFNO2S/c1-9-6-13(21-14(9)16)15(19)18(2)8-10-4-5-12(20-3)11(17)7-10/h4-7H,8H2,1-3H3. The van der Waals surface area contributed by atoms with Crippen molar-refractivity contribution in [2.45, 2.75) is 13.5 Å². The van der Waals surface area contributed by atoms with E-state index in [4.69, 9.17) is 4.74 Å². The third-order valence-electron chi connectivity index (χ3n) is 3.05. The van der Waals surface area contributed by atoms with Crippen LogP contribution < -0.4 is 4.74 Å². The monoisotopic (exact) mass is 371 g/mol. The molecule has 0 aliphatic rings. The lowest BCUT2D eigenvalue weighted by Gasteiger charge is -2.16. The minimum Gasteiger partial charge on any atom is -0.494 e. The molecule has 1 aromatic heterocycles. The molecule has 2 rings (SSSR count). The average Bonchev–Trinajstić information content (AvgIpc) is 2.78. The zero-order valence-corrected chi connectivity index (χ0v) is 14.3. The Bertz CT molecular complexity index is 652. The van der Waals surface area contributed by atoms with Crippen LogP contribution in [-0.2, 0) is 6.54 Å². The molecule has 112 valence electrons. The Morgan fingerprint density at radius 2 is 2.14 bits per heavy atom. The van der Waals surface area contributed by atoms with Crippen molar-refractivity contribution in [2.24, 2.45) is 0 Å². The topological polar surface area (TPSA) is 29.5 Å². The first kappa shape index (κ1) is 16.0. The highest BCUT2D eigenvalue weighted by molar-refractivity contribution is 9.11. The zero-order chi connectivity index (χ0) is 15.6. The lowest BCUT2D eigenvalue weighted by molar-refractivity contribution is 0.0789. The molecule has 0 bridgehead atoms. The van der Waals surface area contributed by atoms with Crippen molar-refractivity contribution < 1.29 is 13.9 Å². The summed E-state index contributed by atoms with van der Waals surface area (Å²) < 4.78 is 19.5. The van der Waals surface area contributed by atoms with Gasteiger partial charge in [0.1, 0.15) is 0 Å². The van der Waals surface area contributed by atoms with Gasteiger partial charge in [0.05, 0.1) is 15.8 Å². The smallest absolute Gasteiger partial charge is 0.264 e. The number of hydrogen-bond donors (Lipinski definition) is 0. The second kappa shape index (κ2) is 6.58. The van der Waals surface area contributed by atoms with Crippen LogP contribution in [0.1, 0.15) is 20.8 Å². The van der Waals surface area contributed by atoms with E-state index in [1.807, 2.05) is 13.0 Å². The summed E-state index contributed by atoms with van der Waals surface area (Å²) in [6, 6.07) is 6.55. The van der Waals surface area contributed by atoms with Crippen LogP contribution in [0, 0.1) is 12.7 Å². The van der Waals surface area contributed by atoms with E-state index in [2.05, 4.69) is 15.9 Å². The van der Waals surface area contributed by atoms with Gasteiger partial charge in [-0.1, -0.05) is 6.07 Å². The Labute approximate surface area is 135 Å². The largest absolute Gasteiger partial charge is 0.494 e. The minimum absolute atomic E-state index is 0.0787. The van der Waals surface area contributed by atoms with E-state index in [0.717, 1.165) is 14.9 Å². The third-order valence-corrected chi connectivity index (χ3v) is 5.18. The van der Waals surface area contributed by atoms with Gasteiger partial charge in [0, 0.05) is 13.6 Å². The van der Waals surface area contributed by atoms with Crippen LogP contribution >= 0.6 is 27.3 Å². The highest BCUT2D eigenvalue weighted by Crippen LogP contribution is 2.28. The fraction of sp³-hybridized carbons (Fsp3) is 0.267. The summed E-state index contributed by atoms with van der Waals surface area (Å²) in [6.07, 6.45) is 0.